The molecule has 1 aromatic carbocycles. The first kappa shape index (κ1) is 14.5. The number of hydrogen-bond donors (Lipinski definition) is 1. The Hall–Kier alpha value is -1.92. The van der Waals surface area contributed by atoms with E-state index in [-0.39, 0.29) is 10.7 Å². The fourth-order valence-corrected chi connectivity index (χ4v) is 2.06. The van der Waals surface area contributed by atoms with Crippen molar-refractivity contribution < 1.29 is 4.92 Å². The minimum Gasteiger partial charge on any atom is -0.338 e. The number of aryl methyl sites for hydroxylation is 1. The molecule has 0 amide bonds. The van der Waals surface area contributed by atoms with E-state index >= 15 is 0 Å². The number of nitrogens with zero attached hydrogens (tertiary/aromatic N) is 3. The number of nitro benzene ring substituents is 1. The summed E-state index contributed by atoms with van der Waals surface area (Å²) in [5.74, 6) is 1.000. The highest BCUT2D eigenvalue weighted by Gasteiger charge is 2.12. The van der Waals surface area contributed by atoms with E-state index in [4.69, 9.17) is 11.6 Å². The van der Waals surface area contributed by atoms with Gasteiger partial charge in [0.1, 0.15) is 10.8 Å². The minimum atomic E-state index is -0.472. The Morgan fingerprint density at radius 2 is 2.30 bits per heavy atom. The number of rotatable bonds is 6. The van der Waals surface area contributed by atoms with E-state index in [1.165, 1.54) is 6.07 Å². The molecule has 0 radical (unpaired) electrons. The monoisotopic (exact) mass is 294 g/mol. The van der Waals surface area contributed by atoms with Crippen LogP contribution in [0.1, 0.15) is 11.4 Å². The molecule has 1 aromatic heterocycles. The van der Waals surface area contributed by atoms with Crippen LogP contribution in [-0.4, -0.2) is 21.0 Å². The van der Waals surface area contributed by atoms with Crippen LogP contribution in [0.3, 0.4) is 0 Å². The number of halogens is 1. The van der Waals surface area contributed by atoms with Gasteiger partial charge in [0.2, 0.25) is 0 Å². The van der Waals surface area contributed by atoms with Gasteiger partial charge in [0, 0.05) is 45.0 Å². The molecule has 2 aromatic rings. The van der Waals surface area contributed by atoms with E-state index in [2.05, 4.69) is 10.3 Å². The van der Waals surface area contributed by atoms with Crippen LogP contribution in [0.15, 0.2) is 30.6 Å². The molecule has 0 saturated heterocycles. The van der Waals surface area contributed by atoms with E-state index in [0.29, 0.717) is 6.54 Å². The SMILES string of the molecule is Cn1ccnc1CCNCc1ccc(Cl)c([N+](=O)[O-])c1. The van der Waals surface area contributed by atoms with Crippen molar-refractivity contribution in [1.82, 2.24) is 14.9 Å². The number of benzene rings is 1. The Bertz CT molecular complexity index is 612. The number of nitrogens with one attached hydrogen (secondary N) is 1. The summed E-state index contributed by atoms with van der Waals surface area (Å²) in [6.07, 6.45) is 4.47. The highest BCUT2D eigenvalue weighted by molar-refractivity contribution is 6.32. The maximum Gasteiger partial charge on any atom is 0.288 e. The standard InChI is InChI=1S/C13H15ClN4O2/c1-17-7-6-16-13(17)4-5-15-9-10-2-3-11(14)12(8-10)18(19)20/h2-3,6-8,15H,4-5,9H2,1H3. The van der Waals surface area contributed by atoms with Gasteiger partial charge in [-0.25, -0.2) is 4.98 Å². The van der Waals surface area contributed by atoms with Crippen LogP contribution >= 0.6 is 11.6 Å². The molecule has 1 heterocycles. The summed E-state index contributed by atoms with van der Waals surface area (Å²) >= 11 is 5.76. The lowest BCUT2D eigenvalue weighted by atomic mass is 10.2. The molecule has 0 bridgehead atoms. The topological polar surface area (TPSA) is 73.0 Å². The van der Waals surface area contributed by atoms with E-state index in [1.807, 2.05) is 17.8 Å². The Morgan fingerprint density at radius 1 is 1.50 bits per heavy atom. The van der Waals surface area contributed by atoms with Crippen molar-refractivity contribution in [3.63, 3.8) is 0 Å². The summed E-state index contributed by atoms with van der Waals surface area (Å²) in [7, 11) is 1.95. The van der Waals surface area contributed by atoms with Crippen LogP contribution in [0.2, 0.25) is 5.02 Å². The van der Waals surface area contributed by atoms with Crippen LogP contribution in [0, 0.1) is 10.1 Å². The minimum absolute atomic E-state index is 0.0601. The van der Waals surface area contributed by atoms with Crippen LogP contribution < -0.4 is 5.32 Å². The Kier molecular flexibility index (Phi) is 4.70. The average molecular weight is 295 g/mol. The predicted octanol–water partition coefficient (Wildman–Crippen LogP) is 2.31. The normalized spacial score (nSPS) is 10.7. The van der Waals surface area contributed by atoms with Gasteiger partial charge in [-0.2, -0.15) is 0 Å². The van der Waals surface area contributed by atoms with E-state index in [0.717, 1.165) is 24.4 Å². The molecular weight excluding hydrogens is 280 g/mol. The van der Waals surface area contributed by atoms with Crippen LogP contribution in [0.25, 0.3) is 0 Å². The van der Waals surface area contributed by atoms with Crippen molar-refractivity contribution >= 4 is 17.3 Å². The molecule has 7 heteroatoms. The van der Waals surface area contributed by atoms with Gasteiger partial charge in [0.05, 0.1) is 4.92 Å². The van der Waals surface area contributed by atoms with Gasteiger partial charge in [0.15, 0.2) is 0 Å². The highest BCUT2D eigenvalue weighted by atomic mass is 35.5. The molecule has 0 saturated carbocycles. The van der Waals surface area contributed by atoms with E-state index < -0.39 is 4.92 Å². The van der Waals surface area contributed by atoms with E-state index in [1.54, 1.807) is 18.3 Å². The molecule has 0 spiro atoms. The first-order valence-electron chi connectivity index (χ1n) is 6.17. The summed E-state index contributed by atoms with van der Waals surface area (Å²) in [4.78, 5) is 14.5. The number of hydrogen-bond acceptors (Lipinski definition) is 4. The Balaban J connectivity index is 1.87. The zero-order chi connectivity index (χ0) is 14.5. The second-order valence-electron chi connectivity index (χ2n) is 4.42. The van der Waals surface area contributed by atoms with Crippen LogP contribution in [-0.2, 0) is 20.0 Å². The number of nitro groups is 1. The molecule has 0 atom stereocenters. The molecule has 2 rings (SSSR count). The maximum absolute atomic E-state index is 10.8. The Labute approximate surface area is 121 Å². The summed E-state index contributed by atoms with van der Waals surface area (Å²) in [5.41, 5.74) is 0.774. The quantitative estimate of drug-likeness (QED) is 0.504. The third-order valence-electron chi connectivity index (χ3n) is 2.98. The van der Waals surface area contributed by atoms with Crippen molar-refractivity contribution in [2.75, 3.05) is 6.54 Å². The van der Waals surface area contributed by atoms with Gasteiger partial charge in [-0.05, 0) is 11.6 Å². The molecule has 106 valence electrons. The van der Waals surface area contributed by atoms with Crippen LogP contribution in [0.5, 0.6) is 0 Å². The third-order valence-corrected chi connectivity index (χ3v) is 3.30. The predicted molar refractivity (Wildman–Crippen MR) is 76.7 cm³/mol. The lowest BCUT2D eigenvalue weighted by Crippen LogP contribution is -2.18. The maximum atomic E-state index is 10.8. The first-order valence-corrected chi connectivity index (χ1v) is 6.55. The van der Waals surface area contributed by atoms with Gasteiger partial charge in [-0.15, -0.1) is 0 Å². The summed E-state index contributed by atoms with van der Waals surface area (Å²) in [5, 5.41) is 14.2. The second-order valence-corrected chi connectivity index (χ2v) is 4.83. The first-order chi connectivity index (χ1) is 9.58. The summed E-state index contributed by atoms with van der Waals surface area (Å²) in [6.45, 7) is 1.31. The lowest BCUT2D eigenvalue weighted by molar-refractivity contribution is -0.384. The second kappa shape index (κ2) is 6.49. The van der Waals surface area contributed by atoms with Crippen molar-refractivity contribution in [3.05, 3.63) is 57.1 Å². The van der Waals surface area contributed by atoms with Crippen molar-refractivity contribution in [3.8, 4) is 0 Å². The fraction of sp³-hybridized carbons (Fsp3) is 0.308. The molecule has 0 aliphatic rings. The zero-order valence-corrected chi connectivity index (χ0v) is 11.8. The molecular formula is C13H15ClN4O2. The zero-order valence-electron chi connectivity index (χ0n) is 11.0. The smallest absolute Gasteiger partial charge is 0.288 e. The fourth-order valence-electron chi connectivity index (χ4n) is 1.88. The van der Waals surface area contributed by atoms with Gasteiger partial charge in [-0.3, -0.25) is 10.1 Å². The number of imidazole rings is 1. The molecule has 0 fully saturated rings. The number of aromatic nitrogens is 2. The van der Waals surface area contributed by atoms with Gasteiger partial charge >= 0.3 is 0 Å². The van der Waals surface area contributed by atoms with Gasteiger partial charge in [0.25, 0.3) is 5.69 Å². The molecule has 20 heavy (non-hydrogen) atoms. The highest BCUT2D eigenvalue weighted by Crippen LogP contribution is 2.24. The third kappa shape index (κ3) is 3.55. The average Bonchev–Trinajstić information content (AvgIpc) is 2.82. The lowest BCUT2D eigenvalue weighted by Gasteiger charge is -2.06. The molecule has 0 unspecified atom stereocenters. The molecule has 1 N–H and O–H groups in total. The Morgan fingerprint density at radius 3 is 2.95 bits per heavy atom. The summed E-state index contributed by atoms with van der Waals surface area (Å²) in [6, 6.07) is 4.83. The molecule has 0 aliphatic heterocycles. The molecule has 6 nitrogen and oxygen atoms in total. The van der Waals surface area contributed by atoms with Crippen molar-refractivity contribution in [2.45, 2.75) is 13.0 Å². The van der Waals surface area contributed by atoms with Gasteiger partial charge in [-0.1, -0.05) is 17.7 Å². The van der Waals surface area contributed by atoms with Crippen LogP contribution in [0.4, 0.5) is 5.69 Å². The van der Waals surface area contributed by atoms with Crippen molar-refractivity contribution in [2.24, 2.45) is 7.05 Å². The van der Waals surface area contributed by atoms with Crippen molar-refractivity contribution in [1.29, 1.82) is 0 Å². The summed E-state index contributed by atoms with van der Waals surface area (Å²) < 4.78 is 1.97. The largest absolute Gasteiger partial charge is 0.338 e. The van der Waals surface area contributed by atoms with E-state index in [9.17, 15) is 10.1 Å². The molecule has 0 aliphatic carbocycles. The van der Waals surface area contributed by atoms with Gasteiger partial charge < -0.3 is 9.88 Å².